The van der Waals surface area contributed by atoms with Crippen LogP contribution in [-0.2, 0) is 28.4 Å². The van der Waals surface area contributed by atoms with Gasteiger partial charge in [-0.25, -0.2) is 13.2 Å². The van der Waals surface area contributed by atoms with Gasteiger partial charge in [0.1, 0.15) is 53.0 Å². The largest absolute Gasteiger partial charge is 0.496 e. The average molecular weight is 889 g/mol. The van der Waals surface area contributed by atoms with Gasteiger partial charge in [0.25, 0.3) is 0 Å². The minimum atomic E-state index is -0.571. The molecule has 4 unspecified atom stereocenters. The summed E-state index contributed by atoms with van der Waals surface area (Å²) in [5.74, 6) is 0.788. The molecule has 7 saturated heterocycles. The second kappa shape index (κ2) is 22.6. The van der Waals surface area contributed by atoms with Gasteiger partial charge < -0.3 is 58.0 Å². The highest BCUT2D eigenvalue weighted by Gasteiger charge is 2.39. The van der Waals surface area contributed by atoms with Gasteiger partial charge in [-0.2, -0.15) is 0 Å². The number of halogens is 3. The molecule has 0 aliphatic carbocycles. The Bertz CT molecular complexity index is 1780. The van der Waals surface area contributed by atoms with Gasteiger partial charge in [0.2, 0.25) is 0 Å². The van der Waals surface area contributed by atoms with E-state index in [0.29, 0.717) is 47.2 Å². The van der Waals surface area contributed by atoms with Gasteiger partial charge in [0, 0.05) is 16.7 Å². The molecule has 12 atom stereocenters. The normalized spacial score (nSPS) is 30.6. The second-order valence-corrected chi connectivity index (χ2v) is 17.3. The van der Waals surface area contributed by atoms with Crippen LogP contribution in [0.5, 0.6) is 17.2 Å². The topological polar surface area (TPSA) is 147 Å². The lowest BCUT2D eigenvalue weighted by molar-refractivity contribution is -0.115. The molecule has 0 aromatic heterocycles. The molecule has 12 nitrogen and oxygen atoms in total. The highest BCUT2D eigenvalue weighted by atomic mass is 19.1. The Morgan fingerprint density at radius 1 is 0.540 bits per heavy atom. The quantitative estimate of drug-likeness (QED) is 0.153. The SMILES string of the molecule is COc1ccc(F)cc1C1CO1.COc1ccc(F)cc1[C@@H](CO)OC1C[C@H]2CC[C@@H](C1)O2.COc1ccc(F)cc1[C@H](CO)OC1C[C@H]2CC[C@@H](C1)O2.OC1C[C@H]2CC[C@@H](C1)O2. The van der Waals surface area contributed by atoms with Crippen molar-refractivity contribution < 1.29 is 71.1 Å². The highest BCUT2D eigenvalue weighted by molar-refractivity contribution is 5.38. The summed E-state index contributed by atoms with van der Waals surface area (Å²) in [6, 6.07) is 13.0. The third-order valence-corrected chi connectivity index (χ3v) is 12.8. The van der Waals surface area contributed by atoms with Gasteiger partial charge in [0.05, 0.1) is 96.1 Å². The number of aliphatic hydroxyl groups is 3. The number of hydrogen-bond donors (Lipinski definition) is 3. The van der Waals surface area contributed by atoms with Gasteiger partial charge in [-0.3, -0.25) is 0 Å². The number of hydrogen-bond acceptors (Lipinski definition) is 12. The maximum atomic E-state index is 13.5. The second-order valence-electron chi connectivity index (χ2n) is 17.3. The first-order valence-electron chi connectivity index (χ1n) is 22.3. The predicted octanol–water partition coefficient (Wildman–Crippen LogP) is 7.78. The molecule has 0 amide bonds. The van der Waals surface area contributed by atoms with E-state index in [-0.39, 0.29) is 79.5 Å². The van der Waals surface area contributed by atoms with Crippen molar-refractivity contribution in [3.8, 4) is 17.2 Å². The van der Waals surface area contributed by atoms with E-state index >= 15 is 0 Å². The van der Waals surface area contributed by atoms with Crippen LogP contribution in [0.25, 0.3) is 0 Å². The van der Waals surface area contributed by atoms with Gasteiger partial charge >= 0.3 is 0 Å². The van der Waals surface area contributed by atoms with Gasteiger partial charge in [0.15, 0.2) is 0 Å². The molecule has 7 aliphatic heterocycles. The van der Waals surface area contributed by atoms with Gasteiger partial charge in [-0.15, -0.1) is 0 Å². The maximum Gasteiger partial charge on any atom is 0.124 e. The Kier molecular flexibility index (Phi) is 17.0. The van der Waals surface area contributed by atoms with Crippen molar-refractivity contribution in [2.24, 2.45) is 0 Å². The zero-order valence-electron chi connectivity index (χ0n) is 36.4. The van der Waals surface area contributed by atoms with Crippen LogP contribution in [0.4, 0.5) is 13.2 Å². The fourth-order valence-electron chi connectivity index (χ4n) is 9.66. The van der Waals surface area contributed by atoms with Crippen molar-refractivity contribution in [2.75, 3.05) is 41.2 Å². The molecule has 0 saturated carbocycles. The van der Waals surface area contributed by atoms with Crippen LogP contribution in [0.15, 0.2) is 54.6 Å². The van der Waals surface area contributed by atoms with Gasteiger partial charge in [-0.1, -0.05) is 0 Å². The fourth-order valence-corrected chi connectivity index (χ4v) is 9.66. The van der Waals surface area contributed by atoms with E-state index < -0.39 is 12.2 Å². The molecular formula is C48H63F3O12. The monoisotopic (exact) mass is 888 g/mol. The van der Waals surface area contributed by atoms with Crippen LogP contribution in [0.1, 0.15) is 112 Å². The summed E-state index contributed by atoms with van der Waals surface area (Å²) >= 11 is 0. The summed E-state index contributed by atoms with van der Waals surface area (Å²) in [5, 5.41) is 28.5. The number of rotatable bonds is 12. The van der Waals surface area contributed by atoms with E-state index in [2.05, 4.69) is 0 Å². The molecule has 6 bridgehead atoms. The van der Waals surface area contributed by atoms with Crippen molar-refractivity contribution in [1.29, 1.82) is 0 Å². The number of aliphatic hydroxyl groups excluding tert-OH is 3. The third kappa shape index (κ3) is 13.1. The molecule has 3 aromatic rings. The molecule has 7 fully saturated rings. The van der Waals surface area contributed by atoms with Crippen molar-refractivity contribution in [2.45, 2.75) is 150 Å². The Morgan fingerprint density at radius 2 is 0.889 bits per heavy atom. The Balaban J connectivity index is 0.000000132. The third-order valence-electron chi connectivity index (χ3n) is 12.8. The van der Waals surface area contributed by atoms with E-state index in [9.17, 15) is 28.5 Å². The molecule has 0 radical (unpaired) electrons. The zero-order valence-corrected chi connectivity index (χ0v) is 36.4. The van der Waals surface area contributed by atoms with Crippen molar-refractivity contribution in [3.63, 3.8) is 0 Å². The van der Waals surface area contributed by atoms with E-state index in [0.717, 1.165) is 69.8 Å². The molecular weight excluding hydrogens is 826 g/mol. The number of methoxy groups -OCH3 is 3. The lowest BCUT2D eigenvalue weighted by atomic mass is 10.0. The van der Waals surface area contributed by atoms with Crippen LogP contribution in [0, 0.1) is 17.5 Å². The Labute approximate surface area is 367 Å². The van der Waals surface area contributed by atoms with Crippen LogP contribution in [0.2, 0.25) is 0 Å². The van der Waals surface area contributed by atoms with E-state index in [1.54, 1.807) is 25.3 Å². The molecule has 3 N–H and O–H groups in total. The number of epoxide rings is 1. The number of benzene rings is 3. The first-order valence-corrected chi connectivity index (χ1v) is 22.3. The molecule has 0 spiro atoms. The molecule has 348 valence electrons. The van der Waals surface area contributed by atoms with Crippen LogP contribution in [0.3, 0.4) is 0 Å². The van der Waals surface area contributed by atoms with E-state index in [1.165, 1.54) is 63.5 Å². The zero-order chi connectivity index (χ0) is 44.5. The summed E-state index contributed by atoms with van der Waals surface area (Å²) in [6.07, 6.45) is 12.5. The maximum absolute atomic E-state index is 13.5. The molecule has 3 aromatic carbocycles. The molecule has 63 heavy (non-hydrogen) atoms. The first kappa shape index (κ1) is 47.5. The standard InChI is InChI=1S/2C16H21FO4.C9H9FO2.C7H12O2/c2*1-19-15-5-2-10(17)6-14(15)16(9-18)21-13-7-11-3-4-12(8-13)20-11;1-11-8-3-2-6(10)4-7(8)9-5-12-9;8-5-3-6-1-2-7(4-5)9-6/h2*2,5-6,11-13,16,18H,3-4,7-9H2,1H3;2-4,9H,5H2,1H3;5-8H,1-4H2/t2*11-,12+,13?,16-;;5?,6-,7+/m10../s1. The highest BCUT2D eigenvalue weighted by Crippen LogP contribution is 2.40. The van der Waals surface area contributed by atoms with E-state index in [4.69, 9.17) is 42.6 Å². The van der Waals surface area contributed by atoms with Crippen LogP contribution in [-0.4, -0.2) is 111 Å². The lowest BCUT2D eigenvalue weighted by Crippen LogP contribution is -2.32. The summed E-state index contributed by atoms with van der Waals surface area (Å²) in [5.41, 5.74) is 1.91. The molecule has 7 aliphatic rings. The minimum Gasteiger partial charge on any atom is -0.496 e. The number of fused-ring (bicyclic) bond motifs is 6. The summed E-state index contributed by atoms with van der Waals surface area (Å²) < 4.78 is 89.4. The summed E-state index contributed by atoms with van der Waals surface area (Å²) in [4.78, 5) is 0. The first-order chi connectivity index (χ1) is 30.5. The lowest BCUT2D eigenvalue weighted by Gasteiger charge is -2.31. The van der Waals surface area contributed by atoms with E-state index in [1.807, 2.05) is 0 Å². The molecule has 7 heterocycles. The van der Waals surface area contributed by atoms with Gasteiger partial charge in [-0.05, 0) is 132 Å². The summed E-state index contributed by atoms with van der Waals surface area (Å²) in [7, 11) is 4.62. The van der Waals surface area contributed by atoms with Crippen molar-refractivity contribution >= 4 is 0 Å². The van der Waals surface area contributed by atoms with Crippen LogP contribution >= 0.6 is 0 Å². The predicted molar refractivity (Wildman–Crippen MR) is 224 cm³/mol. The Morgan fingerprint density at radius 3 is 1.24 bits per heavy atom. The molecule has 10 rings (SSSR count). The Hall–Kier alpha value is -3.51. The van der Waals surface area contributed by atoms with Crippen molar-refractivity contribution in [3.05, 3.63) is 88.7 Å². The summed E-state index contributed by atoms with van der Waals surface area (Å²) in [6.45, 7) is 0.263. The smallest absolute Gasteiger partial charge is 0.124 e. The van der Waals surface area contributed by atoms with Crippen molar-refractivity contribution in [1.82, 2.24) is 0 Å². The minimum absolute atomic E-state index is 0.0376. The van der Waals surface area contributed by atoms with Crippen LogP contribution < -0.4 is 14.2 Å². The average Bonchev–Trinajstić information content (AvgIpc) is 3.90. The number of ether oxygens (including phenoxy) is 9. The molecule has 15 heteroatoms. The fraction of sp³-hybridized carbons (Fsp3) is 0.625.